The Morgan fingerprint density at radius 2 is 1.80 bits per heavy atom. The van der Waals surface area contributed by atoms with E-state index in [-0.39, 0.29) is 30.4 Å². The molecule has 0 spiro atoms. The van der Waals surface area contributed by atoms with Gasteiger partial charge in [-0.05, 0) is 35.9 Å². The smallest absolute Gasteiger partial charge is 0.243 e. The molecule has 0 radical (unpaired) electrons. The average Bonchev–Trinajstić information content (AvgIpc) is 2.59. The Morgan fingerprint density at radius 3 is 2.40 bits per heavy atom. The Hall–Kier alpha value is -1.41. The molecule has 0 heterocycles. The summed E-state index contributed by atoms with van der Waals surface area (Å²) in [5, 5.41) is 3.25. The maximum atomic E-state index is 12.6. The number of benzene rings is 2. The number of likely N-dealkylation sites (N-methyl/N-ethyl adjacent to an activating group) is 1. The lowest BCUT2D eigenvalue weighted by atomic mass is 10.2. The van der Waals surface area contributed by atoms with Gasteiger partial charge < -0.3 is 5.32 Å². The van der Waals surface area contributed by atoms with Gasteiger partial charge in [-0.2, -0.15) is 4.31 Å². The number of sulfonamides is 1. The first-order valence-corrected chi connectivity index (χ1v) is 10.2. The summed E-state index contributed by atoms with van der Waals surface area (Å²) < 4.78 is 27.2. The second-order valence-electron chi connectivity index (χ2n) is 5.25. The number of halogens is 2. The fourth-order valence-electron chi connectivity index (χ4n) is 2.17. The first-order valence-electron chi connectivity index (χ1n) is 7.60. The molecule has 5 nitrogen and oxygen atoms in total. The second kappa shape index (κ2) is 8.80. The highest BCUT2D eigenvalue weighted by atomic mass is 79.9. The Kier molecular flexibility index (Phi) is 7.01. The third-order valence-electron chi connectivity index (χ3n) is 3.56. The molecule has 0 fully saturated rings. The summed E-state index contributed by atoms with van der Waals surface area (Å²) >= 11 is 9.32. The summed E-state index contributed by atoms with van der Waals surface area (Å²) in [6.45, 7) is 1.88. The van der Waals surface area contributed by atoms with Crippen molar-refractivity contribution in [1.29, 1.82) is 0 Å². The number of rotatable bonds is 7. The molecule has 0 bridgehead atoms. The van der Waals surface area contributed by atoms with Crippen molar-refractivity contribution in [2.24, 2.45) is 0 Å². The van der Waals surface area contributed by atoms with E-state index in [0.29, 0.717) is 5.02 Å². The Labute approximate surface area is 161 Å². The molecule has 1 amide bonds. The molecule has 0 aliphatic rings. The molecule has 0 saturated carbocycles. The molecule has 1 N–H and O–H groups in total. The normalized spacial score (nSPS) is 11.5. The Morgan fingerprint density at radius 1 is 1.16 bits per heavy atom. The SMILES string of the molecule is CCN(CC(=O)NCc1ccccc1Cl)S(=O)(=O)c1ccc(Br)cc1. The van der Waals surface area contributed by atoms with E-state index < -0.39 is 10.0 Å². The number of nitrogens with zero attached hydrogens (tertiary/aromatic N) is 1. The van der Waals surface area contributed by atoms with Crippen LogP contribution in [0.15, 0.2) is 57.9 Å². The lowest BCUT2D eigenvalue weighted by Gasteiger charge is -2.20. The van der Waals surface area contributed by atoms with E-state index in [0.717, 1.165) is 14.3 Å². The van der Waals surface area contributed by atoms with Crippen LogP contribution in [0.3, 0.4) is 0 Å². The topological polar surface area (TPSA) is 66.5 Å². The molecule has 0 aliphatic heterocycles. The van der Waals surface area contributed by atoms with Crippen molar-refractivity contribution in [2.75, 3.05) is 13.1 Å². The molecule has 25 heavy (non-hydrogen) atoms. The fourth-order valence-corrected chi connectivity index (χ4v) is 4.05. The van der Waals surface area contributed by atoms with Gasteiger partial charge in [0.15, 0.2) is 0 Å². The zero-order valence-corrected chi connectivity index (χ0v) is 16.7. The van der Waals surface area contributed by atoms with E-state index in [4.69, 9.17) is 11.6 Å². The van der Waals surface area contributed by atoms with Crippen LogP contribution in [0.4, 0.5) is 0 Å². The summed E-state index contributed by atoms with van der Waals surface area (Å²) in [5.41, 5.74) is 0.774. The van der Waals surface area contributed by atoms with Crippen LogP contribution in [0.2, 0.25) is 5.02 Å². The average molecular weight is 446 g/mol. The van der Waals surface area contributed by atoms with Crippen LogP contribution < -0.4 is 5.32 Å². The zero-order valence-electron chi connectivity index (χ0n) is 13.6. The van der Waals surface area contributed by atoms with Gasteiger partial charge in [0.1, 0.15) is 0 Å². The number of carbonyl (C=O) groups excluding carboxylic acids is 1. The van der Waals surface area contributed by atoms with Crippen LogP contribution in [0.5, 0.6) is 0 Å². The lowest BCUT2D eigenvalue weighted by Crippen LogP contribution is -2.40. The van der Waals surface area contributed by atoms with Crippen molar-refractivity contribution in [3.63, 3.8) is 0 Å². The number of amides is 1. The summed E-state index contributed by atoms with van der Waals surface area (Å²) in [7, 11) is -3.73. The van der Waals surface area contributed by atoms with Gasteiger partial charge in [0.2, 0.25) is 15.9 Å². The summed E-state index contributed by atoms with van der Waals surface area (Å²) in [6.07, 6.45) is 0. The van der Waals surface area contributed by atoms with Crippen molar-refractivity contribution < 1.29 is 13.2 Å². The van der Waals surface area contributed by atoms with Crippen LogP contribution in [0.1, 0.15) is 12.5 Å². The molecule has 0 saturated heterocycles. The summed E-state index contributed by atoms with van der Waals surface area (Å²) in [5.74, 6) is -0.387. The minimum Gasteiger partial charge on any atom is -0.351 e. The maximum Gasteiger partial charge on any atom is 0.243 e. The van der Waals surface area contributed by atoms with E-state index in [1.165, 1.54) is 12.1 Å². The van der Waals surface area contributed by atoms with Gasteiger partial charge in [-0.1, -0.05) is 52.7 Å². The van der Waals surface area contributed by atoms with Crippen molar-refractivity contribution in [3.05, 3.63) is 63.6 Å². The highest BCUT2D eigenvalue weighted by molar-refractivity contribution is 9.10. The number of carbonyl (C=O) groups is 1. The second-order valence-corrected chi connectivity index (χ2v) is 8.51. The van der Waals surface area contributed by atoms with Gasteiger partial charge in [-0.25, -0.2) is 8.42 Å². The monoisotopic (exact) mass is 444 g/mol. The third-order valence-corrected chi connectivity index (χ3v) is 6.39. The quantitative estimate of drug-likeness (QED) is 0.710. The molecule has 2 aromatic rings. The molecule has 0 atom stereocenters. The van der Waals surface area contributed by atoms with Crippen LogP contribution in [-0.2, 0) is 21.4 Å². The predicted molar refractivity (Wildman–Crippen MR) is 102 cm³/mol. The first-order chi connectivity index (χ1) is 11.8. The highest BCUT2D eigenvalue weighted by Gasteiger charge is 2.25. The number of hydrogen-bond acceptors (Lipinski definition) is 3. The van der Waals surface area contributed by atoms with Gasteiger partial charge in [0.05, 0.1) is 11.4 Å². The number of nitrogens with one attached hydrogen (secondary N) is 1. The van der Waals surface area contributed by atoms with E-state index in [1.54, 1.807) is 37.3 Å². The van der Waals surface area contributed by atoms with Gasteiger partial charge in [-0.15, -0.1) is 0 Å². The molecular weight excluding hydrogens is 428 g/mol. The van der Waals surface area contributed by atoms with E-state index >= 15 is 0 Å². The third kappa shape index (κ3) is 5.28. The van der Waals surface area contributed by atoms with Gasteiger partial charge in [-0.3, -0.25) is 4.79 Å². The first kappa shape index (κ1) is 19.9. The van der Waals surface area contributed by atoms with E-state index in [2.05, 4.69) is 21.2 Å². The summed E-state index contributed by atoms with van der Waals surface area (Å²) in [6, 6.07) is 13.5. The van der Waals surface area contributed by atoms with Gasteiger partial charge in [0, 0.05) is 22.6 Å². The molecule has 134 valence electrons. The summed E-state index contributed by atoms with van der Waals surface area (Å²) in [4.78, 5) is 12.3. The minimum absolute atomic E-state index is 0.149. The van der Waals surface area contributed by atoms with Gasteiger partial charge >= 0.3 is 0 Å². The molecule has 2 aromatic carbocycles. The van der Waals surface area contributed by atoms with E-state index in [1.807, 2.05) is 6.07 Å². The Bertz CT molecular complexity index is 841. The molecule has 8 heteroatoms. The lowest BCUT2D eigenvalue weighted by molar-refractivity contribution is -0.121. The maximum absolute atomic E-state index is 12.6. The van der Waals surface area contributed by atoms with Crippen LogP contribution in [0, 0.1) is 0 Å². The molecule has 0 aromatic heterocycles. The van der Waals surface area contributed by atoms with Crippen molar-refractivity contribution in [3.8, 4) is 0 Å². The minimum atomic E-state index is -3.73. The van der Waals surface area contributed by atoms with E-state index in [9.17, 15) is 13.2 Å². The zero-order chi connectivity index (χ0) is 18.4. The van der Waals surface area contributed by atoms with Crippen LogP contribution in [0.25, 0.3) is 0 Å². The largest absolute Gasteiger partial charge is 0.351 e. The van der Waals surface area contributed by atoms with Crippen molar-refractivity contribution >= 4 is 43.5 Å². The molecule has 0 aliphatic carbocycles. The standard InChI is InChI=1S/C17H18BrClN2O3S/c1-2-21(25(23,24)15-9-7-14(18)8-10-15)12-17(22)20-11-13-5-3-4-6-16(13)19/h3-10H,2,11-12H2,1H3,(H,20,22). The van der Waals surface area contributed by atoms with Gasteiger partial charge in [0.25, 0.3) is 0 Å². The molecule has 0 unspecified atom stereocenters. The highest BCUT2D eigenvalue weighted by Crippen LogP contribution is 2.19. The van der Waals surface area contributed by atoms with Crippen molar-refractivity contribution in [2.45, 2.75) is 18.4 Å². The van der Waals surface area contributed by atoms with Crippen molar-refractivity contribution in [1.82, 2.24) is 9.62 Å². The van der Waals surface area contributed by atoms with Crippen LogP contribution in [-0.4, -0.2) is 31.7 Å². The molecular formula is C17H18BrClN2O3S. The predicted octanol–water partition coefficient (Wildman–Crippen LogP) is 3.43. The Balaban J connectivity index is 2.04. The fraction of sp³-hybridized carbons (Fsp3) is 0.235. The number of hydrogen-bond donors (Lipinski definition) is 1. The van der Waals surface area contributed by atoms with Crippen LogP contribution >= 0.6 is 27.5 Å². The molecule has 2 rings (SSSR count).